The van der Waals surface area contributed by atoms with E-state index in [1.54, 1.807) is 6.92 Å². The number of aryl methyl sites for hydroxylation is 2. The summed E-state index contributed by atoms with van der Waals surface area (Å²) >= 11 is 0. The molecule has 0 radical (unpaired) electrons. The van der Waals surface area contributed by atoms with Crippen LogP contribution in [0.3, 0.4) is 0 Å². The van der Waals surface area contributed by atoms with Crippen LogP contribution in [0.15, 0.2) is 12.1 Å². The van der Waals surface area contributed by atoms with Gasteiger partial charge in [0.1, 0.15) is 9.85 Å². The number of nitrogens with zero attached hydrogens (tertiary/aromatic N) is 3. The normalized spacial score (nSPS) is 10.4. The monoisotopic (exact) mass is 255 g/mol. The molecule has 0 heterocycles. The van der Waals surface area contributed by atoms with Gasteiger partial charge >= 0.3 is 6.17 Å². The molecule has 0 bridgehead atoms. The maximum absolute atomic E-state index is 10.9. The van der Waals surface area contributed by atoms with Crippen LogP contribution in [0.25, 0.3) is 0 Å². The number of hydrogen-bond donors (Lipinski definition) is 0. The van der Waals surface area contributed by atoms with Gasteiger partial charge < -0.3 is 0 Å². The van der Waals surface area contributed by atoms with Gasteiger partial charge in [-0.2, -0.15) is 0 Å². The molecule has 0 aromatic heterocycles. The highest BCUT2D eigenvalue weighted by molar-refractivity contribution is 5.50. The molecule has 0 aliphatic heterocycles. The SMILES string of the molecule is Cc1cc(C)c([N+](=O)[O-])c(C([N+](=O)[O-])[N+](=O)[O-])c1. The van der Waals surface area contributed by atoms with Crippen LogP contribution in [0.1, 0.15) is 22.9 Å². The van der Waals surface area contributed by atoms with Gasteiger partial charge in [-0.3, -0.25) is 30.3 Å². The molecule has 0 amide bonds. The number of benzene rings is 1. The quantitative estimate of drug-likeness (QED) is 0.457. The lowest BCUT2D eigenvalue weighted by Crippen LogP contribution is -2.21. The van der Waals surface area contributed by atoms with E-state index in [1.807, 2.05) is 0 Å². The molecule has 0 aliphatic rings. The molecule has 0 aliphatic carbocycles. The summed E-state index contributed by atoms with van der Waals surface area (Å²) in [6.07, 6.45) is -2.33. The zero-order valence-electron chi connectivity index (χ0n) is 9.52. The molecule has 0 spiro atoms. The number of nitro benzene ring substituents is 1. The number of rotatable bonds is 4. The molecule has 0 saturated heterocycles. The molecule has 18 heavy (non-hydrogen) atoms. The molecule has 0 unspecified atom stereocenters. The van der Waals surface area contributed by atoms with Gasteiger partial charge in [0, 0.05) is 5.56 Å². The fourth-order valence-corrected chi connectivity index (χ4v) is 1.74. The largest absolute Gasteiger partial charge is 0.483 e. The van der Waals surface area contributed by atoms with Gasteiger partial charge in [-0.1, -0.05) is 0 Å². The molecule has 0 fully saturated rings. The first-order valence-electron chi connectivity index (χ1n) is 4.78. The Balaban J connectivity index is 3.60. The molecule has 9 nitrogen and oxygen atoms in total. The Morgan fingerprint density at radius 2 is 1.50 bits per heavy atom. The smallest absolute Gasteiger partial charge is 0.258 e. The van der Waals surface area contributed by atoms with Crippen LogP contribution in [-0.4, -0.2) is 14.8 Å². The Morgan fingerprint density at radius 3 is 1.89 bits per heavy atom. The third kappa shape index (κ3) is 2.39. The highest BCUT2D eigenvalue weighted by Gasteiger charge is 2.41. The minimum absolute atomic E-state index is 0.156. The lowest BCUT2D eigenvalue weighted by molar-refractivity contribution is -0.753. The van der Waals surface area contributed by atoms with Gasteiger partial charge in [0.25, 0.3) is 5.69 Å². The van der Waals surface area contributed by atoms with Crippen molar-refractivity contribution in [1.29, 1.82) is 0 Å². The second kappa shape index (κ2) is 4.73. The topological polar surface area (TPSA) is 129 Å². The van der Waals surface area contributed by atoms with Crippen molar-refractivity contribution in [3.8, 4) is 0 Å². The van der Waals surface area contributed by atoms with Crippen LogP contribution < -0.4 is 0 Å². The van der Waals surface area contributed by atoms with Crippen LogP contribution in [0.2, 0.25) is 0 Å². The van der Waals surface area contributed by atoms with E-state index in [9.17, 15) is 30.3 Å². The molecule has 0 saturated carbocycles. The summed E-state index contributed by atoms with van der Waals surface area (Å²) < 4.78 is 0. The second-order valence-corrected chi connectivity index (χ2v) is 3.72. The predicted octanol–water partition coefficient (Wildman–Crippen LogP) is 1.76. The summed E-state index contributed by atoms with van der Waals surface area (Å²) in [6, 6.07) is 2.54. The first-order chi connectivity index (χ1) is 8.25. The lowest BCUT2D eigenvalue weighted by atomic mass is 10.0. The minimum Gasteiger partial charge on any atom is -0.258 e. The Hall–Kier alpha value is -2.58. The predicted molar refractivity (Wildman–Crippen MR) is 59.3 cm³/mol. The van der Waals surface area contributed by atoms with E-state index < -0.39 is 32.2 Å². The van der Waals surface area contributed by atoms with E-state index in [0.717, 1.165) is 6.07 Å². The molecule has 0 atom stereocenters. The van der Waals surface area contributed by atoms with Crippen molar-refractivity contribution in [2.45, 2.75) is 20.0 Å². The van der Waals surface area contributed by atoms with E-state index in [0.29, 0.717) is 5.56 Å². The van der Waals surface area contributed by atoms with Crippen LogP contribution in [0, 0.1) is 44.2 Å². The molecule has 1 aromatic rings. The first kappa shape index (κ1) is 13.5. The number of nitro groups is 3. The van der Waals surface area contributed by atoms with E-state index in [4.69, 9.17) is 0 Å². The van der Waals surface area contributed by atoms with E-state index in [2.05, 4.69) is 0 Å². The average molecular weight is 255 g/mol. The van der Waals surface area contributed by atoms with Gasteiger partial charge in [-0.05, 0) is 31.5 Å². The van der Waals surface area contributed by atoms with Gasteiger partial charge in [0.2, 0.25) is 0 Å². The number of hydrogen-bond acceptors (Lipinski definition) is 6. The van der Waals surface area contributed by atoms with E-state index in [1.165, 1.54) is 13.0 Å². The maximum Gasteiger partial charge on any atom is 0.483 e. The standard InChI is InChI=1S/C9H9N3O6/c1-5-3-6(2)8(10(13)14)7(4-5)9(11(15)16)12(17)18/h3-4,9H,1-2H3. The summed E-state index contributed by atoms with van der Waals surface area (Å²) in [6.45, 7) is 2.93. The Bertz CT molecular complexity index is 527. The third-order valence-electron chi connectivity index (χ3n) is 2.33. The minimum atomic E-state index is -2.33. The highest BCUT2D eigenvalue weighted by atomic mass is 16.7. The van der Waals surface area contributed by atoms with Crippen molar-refractivity contribution >= 4 is 5.69 Å². The maximum atomic E-state index is 10.9. The van der Waals surface area contributed by atoms with Crippen molar-refractivity contribution in [3.05, 3.63) is 59.2 Å². The fourth-order valence-electron chi connectivity index (χ4n) is 1.74. The van der Waals surface area contributed by atoms with Crippen LogP contribution in [-0.2, 0) is 0 Å². The first-order valence-corrected chi connectivity index (χ1v) is 4.78. The molecule has 1 rings (SSSR count). The van der Waals surface area contributed by atoms with E-state index in [-0.39, 0.29) is 5.56 Å². The van der Waals surface area contributed by atoms with Gasteiger partial charge in [0.15, 0.2) is 5.56 Å². The lowest BCUT2D eigenvalue weighted by Gasteiger charge is -2.06. The molecule has 9 heteroatoms. The van der Waals surface area contributed by atoms with Crippen LogP contribution in [0.4, 0.5) is 5.69 Å². The van der Waals surface area contributed by atoms with Gasteiger partial charge in [-0.15, -0.1) is 0 Å². The summed E-state index contributed by atoms with van der Waals surface area (Å²) in [5, 5.41) is 32.2. The molecule has 96 valence electrons. The molecule has 0 N–H and O–H groups in total. The van der Waals surface area contributed by atoms with Crippen LogP contribution >= 0.6 is 0 Å². The van der Waals surface area contributed by atoms with E-state index >= 15 is 0 Å². The van der Waals surface area contributed by atoms with Gasteiger partial charge in [0.05, 0.1) is 4.92 Å². The van der Waals surface area contributed by atoms with Gasteiger partial charge in [-0.25, -0.2) is 0 Å². The summed E-state index contributed by atoms with van der Waals surface area (Å²) in [7, 11) is 0. The third-order valence-corrected chi connectivity index (χ3v) is 2.33. The molecule has 1 aromatic carbocycles. The Labute approximate surface area is 100 Å². The Morgan fingerprint density at radius 1 is 1.00 bits per heavy atom. The summed E-state index contributed by atoms with van der Waals surface area (Å²) in [5.41, 5.74) is -0.447. The Kier molecular flexibility index (Phi) is 3.55. The van der Waals surface area contributed by atoms with Crippen molar-refractivity contribution in [1.82, 2.24) is 0 Å². The van der Waals surface area contributed by atoms with Crippen molar-refractivity contribution in [3.63, 3.8) is 0 Å². The van der Waals surface area contributed by atoms with Crippen LogP contribution in [0.5, 0.6) is 0 Å². The molecular weight excluding hydrogens is 246 g/mol. The zero-order valence-corrected chi connectivity index (χ0v) is 9.52. The average Bonchev–Trinajstić information content (AvgIpc) is 2.13. The van der Waals surface area contributed by atoms with Crippen molar-refractivity contribution < 1.29 is 14.8 Å². The zero-order chi connectivity index (χ0) is 14.0. The molecular formula is C9H9N3O6. The summed E-state index contributed by atoms with van der Waals surface area (Å²) in [5.74, 6) is 0. The van der Waals surface area contributed by atoms with Crippen molar-refractivity contribution in [2.24, 2.45) is 0 Å². The highest BCUT2D eigenvalue weighted by Crippen LogP contribution is 2.31. The summed E-state index contributed by atoms with van der Waals surface area (Å²) in [4.78, 5) is 29.1. The second-order valence-electron chi connectivity index (χ2n) is 3.72. The fraction of sp³-hybridized carbons (Fsp3) is 0.333. The van der Waals surface area contributed by atoms with Crippen molar-refractivity contribution in [2.75, 3.05) is 0 Å².